The van der Waals surface area contributed by atoms with Gasteiger partial charge in [0.05, 0.1) is 48.1 Å². The zero-order valence-corrected chi connectivity index (χ0v) is 38.8. The number of hydrogen-bond donors (Lipinski definition) is 10. The number of ketones is 2. The zero-order valence-electron chi connectivity index (χ0n) is 37.2. The molecule has 0 atom stereocenters. The molecule has 66 heavy (non-hydrogen) atoms. The van der Waals surface area contributed by atoms with Crippen LogP contribution in [0.3, 0.4) is 0 Å². The number of phenols is 3. The molecule has 0 saturated carbocycles. The average Bonchev–Trinajstić information content (AvgIpc) is 3.25. The second-order valence-corrected chi connectivity index (χ2v) is 15.9. The van der Waals surface area contributed by atoms with E-state index in [1.807, 2.05) is 39.8 Å². The molecule has 2 aliphatic rings. The van der Waals surface area contributed by atoms with Crippen molar-refractivity contribution in [2.24, 2.45) is 0 Å². The van der Waals surface area contributed by atoms with E-state index in [-0.39, 0.29) is 94.4 Å². The van der Waals surface area contributed by atoms with Crippen LogP contribution < -0.4 is 36.4 Å². The lowest BCUT2D eigenvalue weighted by Gasteiger charge is -2.31. The number of aliphatic hydroxyl groups is 2. The van der Waals surface area contributed by atoms with E-state index >= 15 is 0 Å². The number of aromatic hydroxyl groups is 4. The van der Waals surface area contributed by atoms with Crippen LogP contribution >= 0.6 is 24.8 Å². The number of carbonyl (C=O) groups is 2. The minimum atomic E-state index is -0.694. The van der Waals surface area contributed by atoms with Gasteiger partial charge in [-0.1, -0.05) is 23.8 Å². The molecule has 10 N–H and O–H groups in total. The molecule has 0 saturated heterocycles. The van der Waals surface area contributed by atoms with Gasteiger partial charge in [0.25, 0.3) is 0 Å². The SMILES string of the molecule is COc1c(CC=C(C)C)c2c(c3oc(=O)c(-c4ccc(O)cc4)c(O)c13)C=CC(C)(C)O2.Cl.Cl.O=C1c2c(O)ccc(O)c2C(=O)c2c(NCCNCCO)ccc(NCCNCCO)c21. The molecule has 0 unspecified atom stereocenters. The average molecular weight is 952 g/mol. The number of rotatable bonds is 16. The molecule has 4 aromatic carbocycles. The van der Waals surface area contributed by atoms with Gasteiger partial charge in [0.1, 0.15) is 51.0 Å². The van der Waals surface area contributed by atoms with Crippen molar-refractivity contribution in [1.29, 1.82) is 0 Å². The molecule has 7 rings (SSSR count). The Hall–Kier alpha value is -6.27. The quantitative estimate of drug-likeness (QED) is 0.0222. The maximum Gasteiger partial charge on any atom is 0.348 e. The molecule has 5 aromatic rings. The van der Waals surface area contributed by atoms with Gasteiger partial charge in [0.15, 0.2) is 5.58 Å². The van der Waals surface area contributed by atoms with Crippen molar-refractivity contribution >= 4 is 64.8 Å². The van der Waals surface area contributed by atoms with Crippen LogP contribution in [0.5, 0.6) is 34.5 Å². The maximum atomic E-state index is 13.4. The summed E-state index contributed by atoms with van der Waals surface area (Å²) in [4.78, 5) is 39.7. The van der Waals surface area contributed by atoms with Crippen LogP contribution in [0.25, 0.3) is 28.2 Å². The van der Waals surface area contributed by atoms with Crippen molar-refractivity contribution in [2.45, 2.75) is 39.7 Å². The first-order valence-electron chi connectivity index (χ1n) is 20.8. The molecule has 16 nitrogen and oxygen atoms in total. The number of hydrogen-bond acceptors (Lipinski definition) is 16. The molecule has 1 aliphatic carbocycles. The summed E-state index contributed by atoms with van der Waals surface area (Å²) in [6.07, 6.45) is 6.31. The van der Waals surface area contributed by atoms with Crippen molar-refractivity contribution in [2.75, 3.05) is 70.2 Å². The fraction of sp³-hybridized carbons (Fsp3) is 0.312. The Morgan fingerprint density at radius 2 is 1.24 bits per heavy atom. The second kappa shape index (κ2) is 22.8. The minimum Gasteiger partial charge on any atom is -0.508 e. The predicted molar refractivity (Wildman–Crippen MR) is 259 cm³/mol. The van der Waals surface area contributed by atoms with E-state index in [1.165, 1.54) is 31.4 Å². The lowest BCUT2D eigenvalue weighted by molar-refractivity contribution is 0.0975. The predicted octanol–water partition coefficient (Wildman–Crippen LogP) is 6.28. The van der Waals surface area contributed by atoms with E-state index in [9.17, 15) is 34.8 Å². The Labute approximate surface area is 393 Å². The number of ether oxygens (including phenoxy) is 2. The normalized spacial score (nSPS) is 12.8. The summed E-state index contributed by atoms with van der Waals surface area (Å²) in [5.41, 5.74) is 2.53. The van der Waals surface area contributed by atoms with Gasteiger partial charge in [-0.05, 0) is 88.2 Å². The van der Waals surface area contributed by atoms with Gasteiger partial charge in [-0.15, -0.1) is 24.8 Å². The van der Waals surface area contributed by atoms with Gasteiger partial charge in [-0.3, -0.25) is 9.59 Å². The second-order valence-electron chi connectivity index (χ2n) is 15.9. The Kier molecular flexibility index (Phi) is 18.1. The molecule has 0 fully saturated rings. The summed E-state index contributed by atoms with van der Waals surface area (Å²) in [5.74, 6) is -1.08. The fourth-order valence-corrected chi connectivity index (χ4v) is 7.53. The van der Waals surface area contributed by atoms with Gasteiger partial charge < -0.3 is 65.8 Å². The first-order valence-corrected chi connectivity index (χ1v) is 20.8. The molecule has 0 bridgehead atoms. The number of methoxy groups -OCH3 is 1. The van der Waals surface area contributed by atoms with Gasteiger partial charge in [-0.25, -0.2) is 4.79 Å². The topological polar surface area (TPSA) is 252 Å². The molecule has 18 heteroatoms. The van der Waals surface area contributed by atoms with Crippen molar-refractivity contribution < 1.29 is 54.1 Å². The summed E-state index contributed by atoms with van der Waals surface area (Å²) in [7, 11) is 1.52. The van der Waals surface area contributed by atoms with Crippen LogP contribution in [0.4, 0.5) is 11.4 Å². The van der Waals surface area contributed by atoms with E-state index in [4.69, 9.17) is 24.1 Å². The van der Waals surface area contributed by atoms with E-state index in [1.54, 1.807) is 24.3 Å². The Bertz CT molecular complexity index is 2620. The van der Waals surface area contributed by atoms with Crippen molar-refractivity contribution in [3.05, 3.63) is 110 Å². The third-order valence-corrected chi connectivity index (χ3v) is 10.5. The first-order chi connectivity index (χ1) is 30.6. The molecule has 1 aliphatic heterocycles. The number of carbonyl (C=O) groups excluding carboxylic acids is 2. The minimum absolute atomic E-state index is 0. The number of allylic oxidation sites excluding steroid dienone is 2. The number of fused-ring (bicyclic) bond motifs is 5. The van der Waals surface area contributed by atoms with E-state index in [2.05, 4.69) is 27.3 Å². The molecule has 0 spiro atoms. The summed E-state index contributed by atoms with van der Waals surface area (Å²) >= 11 is 0. The number of anilines is 2. The Balaban J connectivity index is 0.000000280. The number of nitrogens with one attached hydrogen (secondary N) is 4. The van der Waals surface area contributed by atoms with Crippen LogP contribution in [0.15, 0.2) is 75.5 Å². The van der Waals surface area contributed by atoms with E-state index in [0.717, 1.165) is 11.1 Å². The Morgan fingerprint density at radius 1 is 0.712 bits per heavy atom. The van der Waals surface area contributed by atoms with Crippen molar-refractivity contribution in [3.8, 4) is 45.6 Å². The van der Waals surface area contributed by atoms with Crippen LogP contribution in [0.1, 0.15) is 70.7 Å². The van der Waals surface area contributed by atoms with Crippen LogP contribution in [0.2, 0.25) is 0 Å². The number of aliphatic hydroxyl groups excluding tert-OH is 2. The van der Waals surface area contributed by atoms with Gasteiger partial charge in [0.2, 0.25) is 11.6 Å². The van der Waals surface area contributed by atoms with Crippen LogP contribution in [0, 0.1) is 0 Å². The van der Waals surface area contributed by atoms with Crippen molar-refractivity contribution in [1.82, 2.24) is 10.6 Å². The van der Waals surface area contributed by atoms with Crippen molar-refractivity contribution in [3.63, 3.8) is 0 Å². The lowest BCUT2D eigenvalue weighted by Crippen LogP contribution is -2.28. The molecule has 2 heterocycles. The highest BCUT2D eigenvalue weighted by Crippen LogP contribution is 2.50. The first kappa shape index (κ1) is 52.4. The number of halogens is 2. The summed E-state index contributed by atoms with van der Waals surface area (Å²) in [5, 5.41) is 71.8. The third kappa shape index (κ3) is 11.0. The van der Waals surface area contributed by atoms with E-state index < -0.39 is 22.8 Å². The lowest BCUT2D eigenvalue weighted by atomic mass is 9.81. The Morgan fingerprint density at radius 3 is 1.73 bits per heavy atom. The standard InChI is InChI=1S/C26H26O6.C22H28N4O6.2ClH/c1-14(2)6-11-17-22-18(12-13-26(3,4)32-22)24-20(23(17)30-5)21(28)19(25(29)31-24)15-7-9-16(27)10-8-15;27-11-9-23-5-7-25-13-1-2-14(26-8-6-24-10-12-28)18-17(13)21(31)19-15(29)3-4-16(30)20(19)22(18)32;;/h6-10,12-13,27-28H,11H2,1-5H3;1-4,23-30H,5-12H2;2*1H. The highest BCUT2D eigenvalue weighted by molar-refractivity contribution is 6.33. The highest BCUT2D eigenvalue weighted by Gasteiger charge is 2.38. The fourth-order valence-electron chi connectivity index (χ4n) is 7.53. The van der Waals surface area contributed by atoms with Gasteiger partial charge in [-0.2, -0.15) is 0 Å². The number of phenolic OH excluding ortho intramolecular Hbond substituents is 3. The molecular formula is C48H56Cl2N4O12. The highest BCUT2D eigenvalue weighted by atomic mass is 35.5. The third-order valence-electron chi connectivity index (χ3n) is 10.5. The summed E-state index contributed by atoms with van der Waals surface area (Å²) < 4.78 is 17.8. The summed E-state index contributed by atoms with van der Waals surface area (Å²) in [6, 6.07) is 11.7. The smallest absolute Gasteiger partial charge is 0.348 e. The molecular weight excluding hydrogens is 895 g/mol. The van der Waals surface area contributed by atoms with E-state index in [0.29, 0.717) is 85.1 Å². The largest absolute Gasteiger partial charge is 0.508 e. The molecule has 354 valence electrons. The maximum absolute atomic E-state index is 13.4. The number of benzene rings is 4. The van der Waals surface area contributed by atoms with Gasteiger partial charge >= 0.3 is 5.63 Å². The molecule has 0 radical (unpaired) electrons. The van der Waals surface area contributed by atoms with Gasteiger partial charge in [0, 0.05) is 56.2 Å². The zero-order chi connectivity index (χ0) is 46.3. The monoisotopic (exact) mass is 950 g/mol. The van der Waals surface area contributed by atoms with Crippen LogP contribution in [-0.2, 0) is 6.42 Å². The van der Waals surface area contributed by atoms with Crippen LogP contribution in [-0.4, -0.2) is 107 Å². The summed E-state index contributed by atoms with van der Waals surface area (Å²) in [6.45, 7) is 10.7. The molecule has 0 amide bonds. The molecule has 1 aromatic heterocycles.